The minimum Gasteiger partial charge on any atom is -0.363 e. The highest BCUT2D eigenvalue weighted by atomic mass is 16.5. The molecule has 1 atom stereocenters. The average Bonchev–Trinajstić information content (AvgIpc) is 2.03. The van der Waals surface area contributed by atoms with Crippen LogP contribution in [0.15, 0.2) is 0 Å². The number of rotatable bonds is 3. The van der Waals surface area contributed by atoms with Gasteiger partial charge >= 0.3 is 0 Å². The predicted molar refractivity (Wildman–Crippen MR) is 46.4 cm³/mol. The molecule has 1 saturated heterocycles. The molecule has 1 fully saturated rings. The lowest BCUT2D eigenvalue weighted by Gasteiger charge is -2.24. The third-order valence-corrected chi connectivity index (χ3v) is 1.90. The molecule has 0 aromatic heterocycles. The first-order valence-corrected chi connectivity index (χ1v) is 4.64. The summed E-state index contributed by atoms with van der Waals surface area (Å²) in [5.41, 5.74) is 0. The van der Waals surface area contributed by atoms with Gasteiger partial charge in [-0.15, -0.1) is 0 Å². The molecular formula is C9H19NO. The zero-order valence-electron chi connectivity index (χ0n) is 7.60. The largest absolute Gasteiger partial charge is 0.363 e. The third kappa shape index (κ3) is 3.73. The van der Waals surface area contributed by atoms with Gasteiger partial charge in [0.15, 0.2) is 0 Å². The Morgan fingerprint density at radius 1 is 1.45 bits per heavy atom. The van der Waals surface area contributed by atoms with Crippen molar-refractivity contribution in [2.24, 2.45) is 5.92 Å². The summed E-state index contributed by atoms with van der Waals surface area (Å²) in [7, 11) is 0. The summed E-state index contributed by atoms with van der Waals surface area (Å²) in [5, 5.41) is 3.35. The first-order valence-electron chi connectivity index (χ1n) is 4.64. The van der Waals surface area contributed by atoms with Crippen LogP contribution in [0.5, 0.6) is 0 Å². The molecule has 0 aromatic rings. The van der Waals surface area contributed by atoms with Crippen molar-refractivity contribution in [1.29, 1.82) is 0 Å². The summed E-state index contributed by atoms with van der Waals surface area (Å²) in [6.45, 7) is 6.38. The molecule has 11 heavy (non-hydrogen) atoms. The van der Waals surface area contributed by atoms with E-state index in [1.807, 2.05) is 0 Å². The Bertz CT molecular complexity index is 97.7. The summed E-state index contributed by atoms with van der Waals surface area (Å²) in [4.78, 5) is 0. The Kier molecular flexibility index (Phi) is 3.87. The molecule has 0 aliphatic carbocycles. The highest BCUT2D eigenvalue weighted by Crippen LogP contribution is 2.08. The van der Waals surface area contributed by atoms with Crippen molar-refractivity contribution in [3.05, 3.63) is 0 Å². The molecule has 2 nitrogen and oxygen atoms in total. The van der Waals surface area contributed by atoms with Crippen LogP contribution in [0.2, 0.25) is 0 Å². The van der Waals surface area contributed by atoms with Crippen molar-refractivity contribution in [1.82, 2.24) is 5.32 Å². The summed E-state index contributed by atoms with van der Waals surface area (Å²) in [6, 6.07) is 0. The van der Waals surface area contributed by atoms with Gasteiger partial charge in [0.1, 0.15) is 6.23 Å². The Balaban J connectivity index is 2.05. The van der Waals surface area contributed by atoms with Gasteiger partial charge < -0.3 is 4.74 Å². The van der Waals surface area contributed by atoms with Gasteiger partial charge in [-0.25, -0.2) is 0 Å². The molecule has 0 bridgehead atoms. The van der Waals surface area contributed by atoms with E-state index in [2.05, 4.69) is 19.2 Å². The number of piperidine rings is 1. The lowest BCUT2D eigenvalue weighted by atomic mass is 10.1. The molecule has 1 heterocycles. The maximum atomic E-state index is 5.63. The zero-order valence-corrected chi connectivity index (χ0v) is 7.60. The Hall–Kier alpha value is -0.0800. The second kappa shape index (κ2) is 4.73. The molecule has 1 N–H and O–H groups in total. The van der Waals surface area contributed by atoms with Crippen molar-refractivity contribution >= 4 is 0 Å². The van der Waals surface area contributed by atoms with Crippen LogP contribution in [0.4, 0.5) is 0 Å². The summed E-state index contributed by atoms with van der Waals surface area (Å²) < 4.78 is 5.63. The van der Waals surface area contributed by atoms with Crippen LogP contribution in [-0.4, -0.2) is 19.4 Å². The van der Waals surface area contributed by atoms with Gasteiger partial charge in [0, 0.05) is 0 Å². The van der Waals surface area contributed by atoms with Crippen LogP contribution in [-0.2, 0) is 4.74 Å². The van der Waals surface area contributed by atoms with E-state index >= 15 is 0 Å². The minimum atomic E-state index is 0.339. The lowest BCUT2D eigenvalue weighted by Crippen LogP contribution is -2.36. The molecular weight excluding hydrogens is 138 g/mol. The van der Waals surface area contributed by atoms with Gasteiger partial charge in [-0.3, -0.25) is 5.32 Å². The smallest absolute Gasteiger partial charge is 0.108 e. The third-order valence-electron chi connectivity index (χ3n) is 1.90. The van der Waals surface area contributed by atoms with E-state index in [-0.39, 0.29) is 0 Å². The first kappa shape index (κ1) is 9.01. The maximum Gasteiger partial charge on any atom is 0.108 e. The number of hydrogen-bond acceptors (Lipinski definition) is 2. The molecule has 1 rings (SSSR count). The van der Waals surface area contributed by atoms with E-state index in [9.17, 15) is 0 Å². The SMILES string of the molecule is CC(C)COC1CCCCN1. The molecule has 2 heteroatoms. The first-order chi connectivity index (χ1) is 5.29. The Labute approximate surface area is 69.3 Å². The number of ether oxygens (including phenoxy) is 1. The quantitative estimate of drug-likeness (QED) is 0.674. The fourth-order valence-electron chi connectivity index (χ4n) is 1.27. The normalized spacial score (nSPS) is 25.9. The fraction of sp³-hybridized carbons (Fsp3) is 1.00. The monoisotopic (exact) mass is 157 g/mol. The topological polar surface area (TPSA) is 21.3 Å². The second-order valence-electron chi connectivity index (χ2n) is 3.67. The minimum absolute atomic E-state index is 0.339. The van der Waals surface area contributed by atoms with Crippen molar-refractivity contribution in [3.8, 4) is 0 Å². The highest BCUT2D eigenvalue weighted by molar-refractivity contribution is 4.63. The molecule has 0 spiro atoms. The fourth-order valence-corrected chi connectivity index (χ4v) is 1.27. The van der Waals surface area contributed by atoms with Crippen LogP contribution >= 0.6 is 0 Å². The van der Waals surface area contributed by atoms with Crippen LogP contribution < -0.4 is 5.32 Å². The molecule has 0 saturated carbocycles. The van der Waals surface area contributed by atoms with Crippen molar-refractivity contribution in [2.45, 2.75) is 39.3 Å². The van der Waals surface area contributed by atoms with Crippen LogP contribution in [0.1, 0.15) is 33.1 Å². The van der Waals surface area contributed by atoms with E-state index in [0.717, 1.165) is 13.2 Å². The van der Waals surface area contributed by atoms with Crippen molar-refractivity contribution in [2.75, 3.05) is 13.2 Å². The average molecular weight is 157 g/mol. The molecule has 66 valence electrons. The van der Waals surface area contributed by atoms with E-state index in [4.69, 9.17) is 4.74 Å². The second-order valence-corrected chi connectivity index (χ2v) is 3.67. The number of hydrogen-bond donors (Lipinski definition) is 1. The van der Waals surface area contributed by atoms with Gasteiger partial charge in [0.05, 0.1) is 6.61 Å². The molecule has 1 aliphatic heterocycles. The van der Waals surface area contributed by atoms with Crippen molar-refractivity contribution < 1.29 is 4.74 Å². The number of nitrogens with one attached hydrogen (secondary N) is 1. The lowest BCUT2D eigenvalue weighted by molar-refractivity contribution is -0.00114. The van der Waals surface area contributed by atoms with E-state index in [0.29, 0.717) is 12.1 Å². The molecule has 0 amide bonds. The Morgan fingerprint density at radius 3 is 2.82 bits per heavy atom. The van der Waals surface area contributed by atoms with E-state index in [1.165, 1.54) is 19.3 Å². The van der Waals surface area contributed by atoms with Gasteiger partial charge in [-0.1, -0.05) is 13.8 Å². The van der Waals surface area contributed by atoms with Crippen LogP contribution in [0.3, 0.4) is 0 Å². The molecule has 1 unspecified atom stereocenters. The molecule has 0 aromatic carbocycles. The van der Waals surface area contributed by atoms with Crippen molar-refractivity contribution in [3.63, 3.8) is 0 Å². The molecule has 0 radical (unpaired) electrons. The summed E-state index contributed by atoms with van der Waals surface area (Å²) in [6.07, 6.45) is 4.15. The molecule has 1 aliphatic rings. The van der Waals surface area contributed by atoms with E-state index < -0.39 is 0 Å². The Morgan fingerprint density at radius 2 is 2.27 bits per heavy atom. The van der Waals surface area contributed by atoms with Gasteiger partial charge in [-0.2, -0.15) is 0 Å². The van der Waals surface area contributed by atoms with E-state index in [1.54, 1.807) is 0 Å². The van der Waals surface area contributed by atoms with Gasteiger partial charge in [-0.05, 0) is 31.7 Å². The summed E-state index contributed by atoms with van der Waals surface area (Å²) >= 11 is 0. The van der Waals surface area contributed by atoms with Crippen LogP contribution in [0, 0.1) is 5.92 Å². The summed E-state index contributed by atoms with van der Waals surface area (Å²) in [5.74, 6) is 0.652. The van der Waals surface area contributed by atoms with Gasteiger partial charge in [0.25, 0.3) is 0 Å². The van der Waals surface area contributed by atoms with Crippen LogP contribution in [0.25, 0.3) is 0 Å². The zero-order chi connectivity index (χ0) is 8.10. The maximum absolute atomic E-state index is 5.63. The van der Waals surface area contributed by atoms with Gasteiger partial charge in [0.2, 0.25) is 0 Å². The highest BCUT2D eigenvalue weighted by Gasteiger charge is 2.12. The standard InChI is InChI=1S/C9H19NO/c1-8(2)7-11-9-5-3-4-6-10-9/h8-10H,3-7H2,1-2H3. The predicted octanol–water partition coefficient (Wildman–Crippen LogP) is 1.76.